The van der Waals surface area contributed by atoms with Gasteiger partial charge in [0.25, 0.3) is 0 Å². The molecular weight excluding hydrogens is 323 g/mol. The van der Waals surface area contributed by atoms with Gasteiger partial charge in [-0.3, -0.25) is 9.69 Å². The highest BCUT2D eigenvalue weighted by Gasteiger charge is 2.30. The molecule has 0 aliphatic heterocycles. The molecule has 1 amide bonds. The fourth-order valence-corrected chi connectivity index (χ4v) is 2.63. The second-order valence-electron chi connectivity index (χ2n) is 5.58. The molecule has 0 bridgehead atoms. The van der Waals surface area contributed by atoms with Crippen LogP contribution in [0, 0.1) is 0 Å². The molecule has 0 radical (unpaired) electrons. The van der Waals surface area contributed by atoms with E-state index in [0.29, 0.717) is 42.3 Å². The van der Waals surface area contributed by atoms with Crippen molar-refractivity contribution in [2.45, 2.75) is 31.8 Å². The van der Waals surface area contributed by atoms with Gasteiger partial charge in [-0.1, -0.05) is 29.3 Å². The lowest BCUT2D eigenvalue weighted by Gasteiger charge is -2.21. The minimum absolute atomic E-state index is 0.0584. The van der Waals surface area contributed by atoms with Crippen LogP contribution in [-0.2, 0) is 16.1 Å². The molecule has 0 heterocycles. The molecule has 0 atom stereocenters. The first-order valence-electron chi connectivity index (χ1n) is 7.53. The molecule has 4 nitrogen and oxygen atoms in total. The molecule has 0 aromatic heterocycles. The molecule has 122 valence electrons. The molecule has 6 heteroatoms. The van der Waals surface area contributed by atoms with Gasteiger partial charge >= 0.3 is 0 Å². The van der Waals surface area contributed by atoms with Crippen LogP contribution in [0.5, 0.6) is 0 Å². The highest BCUT2D eigenvalue weighted by Crippen LogP contribution is 2.29. The molecule has 0 unspecified atom stereocenters. The van der Waals surface area contributed by atoms with Gasteiger partial charge in [-0.25, -0.2) is 0 Å². The number of nitrogens with zero attached hydrogens (tertiary/aromatic N) is 1. The Balaban J connectivity index is 1.84. The summed E-state index contributed by atoms with van der Waals surface area (Å²) in [6.07, 6.45) is 3.13. The average molecular weight is 345 g/mol. The Morgan fingerprint density at radius 2 is 2.14 bits per heavy atom. The van der Waals surface area contributed by atoms with E-state index < -0.39 is 0 Å². The van der Waals surface area contributed by atoms with E-state index in [4.69, 9.17) is 27.9 Å². The fourth-order valence-electron chi connectivity index (χ4n) is 2.31. The number of methoxy groups -OCH3 is 1. The lowest BCUT2D eigenvalue weighted by atomic mass is 10.2. The van der Waals surface area contributed by atoms with E-state index in [9.17, 15) is 4.79 Å². The zero-order valence-corrected chi connectivity index (χ0v) is 14.3. The van der Waals surface area contributed by atoms with Crippen molar-refractivity contribution in [1.82, 2.24) is 10.2 Å². The van der Waals surface area contributed by atoms with E-state index in [1.165, 1.54) is 0 Å². The number of nitrogens with one attached hydrogen (secondary N) is 1. The van der Waals surface area contributed by atoms with Crippen LogP contribution in [-0.4, -0.2) is 43.7 Å². The molecule has 1 aromatic rings. The van der Waals surface area contributed by atoms with E-state index in [1.807, 2.05) is 12.1 Å². The van der Waals surface area contributed by atoms with Gasteiger partial charge in [-0.15, -0.1) is 0 Å². The van der Waals surface area contributed by atoms with E-state index in [1.54, 1.807) is 13.2 Å². The van der Waals surface area contributed by atoms with Crippen LogP contribution in [0.4, 0.5) is 0 Å². The number of amides is 1. The van der Waals surface area contributed by atoms with E-state index in [0.717, 1.165) is 24.8 Å². The number of benzene rings is 1. The van der Waals surface area contributed by atoms with Crippen LogP contribution in [0.15, 0.2) is 18.2 Å². The Hall–Kier alpha value is -0.810. The number of halogens is 2. The summed E-state index contributed by atoms with van der Waals surface area (Å²) in [4.78, 5) is 14.2. The summed E-state index contributed by atoms with van der Waals surface area (Å²) in [7, 11) is 1.66. The van der Waals surface area contributed by atoms with Crippen molar-refractivity contribution in [1.29, 1.82) is 0 Å². The van der Waals surface area contributed by atoms with Crippen molar-refractivity contribution in [2.24, 2.45) is 0 Å². The Morgan fingerprint density at radius 1 is 1.36 bits per heavy atom. The molecule has 1 N–H and O–H groups in total. The Kier molecular flexibility index (Phi) is 6.96. The zero-order valence-electron chi connectivity index (χ0n) is 12.8. The summed E-state index contributed by atoms with van der Waals surface area (Å²) in [6.45, 7) is 2.44. The van der Waals surface area contributed by atoms with Crippen molar-refractivity contribution in [3.05, 3.63) is 33.8 Å². The van der Waals surface area contributed by atoms with E-state index in [-0.39, 0.29) is 5.91 Å². The van der Waals surface area contributed by atoms with Crippen molar-refractivity contribution < 1.29 is 9.53 Å². The third kappa shape index (κ3) is 5.76. The summed E-state index contributed by atoms with van der Waals surface area (Å²) < 4.78 is 4.97. The first-order chi connectivity index (χ1) is 10.6. The van der Waals surface area contributed by atoms with Crippen LogP contribution in [0.1, 0.15) is 24.8 Å². The first kappa shape index (κ1) is 17.5. The summed E-state index contributed by atoms with van der Waals surface area (Å²) in [5.74, 6) is 0.0584. The normalized spacial score (nSPS) is 14.4. The molecule has 2 rings (SSSR count). The number of carbonyl (C=O) groups excluding carboxylic acids is 1. The smallest absolute Gasteiger partial charge is 0.234 e. The minimum Gasteiger partial charge on any atom is -0.385 e. The van der Waals surface area contributed by atoms with E-state index >= 15 is 0 Å². The maximum Gasteiger partial charge on any atom is 0.234 e. The van der Waals surface area contributed by atoms with Crippen LogP contribution >= 0.6 is 23.2 Å². The fraction of sp³-hybridized carbons (Fsp3) is 0.562. The molecule has 0 saturated heterocycles. The lowest BCUT2D eigenvalue weighted by molar-refractivity contribution is -0.122. The molecule has 1 aliphatic rings. The van der Waals surface area contributed by atoms with Crippen LogP contribution in [0.25, 0.3) is 0 Å². The van der Waals surface area contributed by atoms with Gasteiger partial charge in [0.05, 0.1) is 16.6 Å². The standard InChI is InChI=1S/C16H22Cl2N2O2/c1-22-8-2-7-19-16(21)11-20(13-4-5-13)10-12-3-6-14(17)15(18)9-12/h3,6,9,13H,2,4-5,7-8,10-11H2,1H3,(H,19,21). The molecule has 0 spiro atoms. The van der Waals surface area contributed by atoms with Gasteiger partial charge in [-0.05, 0) is 37.0 Å². The van der Waals surface area contributed by atoms with Crippen molar-refractivity contribution in [2.75, 3.05) is 26.8 Å². The third-order valence-corrected chi connectivity index (χ3v) is 4.37. The summed E-state index contributed by atoms with van der Waals surface area (Å²) >= 11 is 12.0. The Labute approximate surface area is 141 Å². The first-order valence-corrected chi connectivity index (χ1v) is 8.29. The van der Waals surface area contributed by atoms with Crippen LogP contribution < -0.4 is 5.32 Å². The zero-order chi connectivity index (χ0) is 15.9. The highest BCUT2D eigenvalue weighted by atomic mass is 35.5. The second-order valence-corrected chi connectivity index (χ2v) is 6.40. The summed E-state index contributed by atoms with van der Waals surface area (Å²) in [5, 5.41) is 4.04. The molecular formula is C16H22Cl2N2O2. The van der Waals surface area contributed by atoms with Crippen molar-refractivity contribution >= 4 is 29.1 Å². The van der Waals surface area contributed by atoms with Crippen LogP contribution in [0.2, 0.25) is 10.0 Å². The maximum atomic E-state index is 12.0. The van der Waals surface area contributed by atoms with Gasteiger partial charge < -0.3 is 10.1 Å². The number of hydrogen-bond acceptors (Lipinski definition) is 3. The molecule has 1 aromatic carbocycles. The van der Waals surface area contributed by atoms with Crippen molar-refractivity contribution in [3.63, 3.8) is 0 Å². The molecule has 1 saturated carbocycles. The van der Waals surface area contributed by atoms with E-state index in [2.05, 4.69) is 10.2 Å². The second kappa shape index (κ2) is 8.73. The topological polar surface area (TPSA) is 41.6 Å². The number of hydrogen-bond donors (Lipinski definition) is 1. The monoisotopic (exact) mass is 344 g/mol. The third-order valence-electron chi connectivity index (χ3n) is 3.63. The number of rotatable bonds is 9. The van der Waals surface area contributed by atoms with Gasteiger partial charge in [0, 0.05) is 32.8 Å². The quantitative estimate of drug-likeness (QED) is 0.700. The SMILES string of the molecule is COCCCNC(=O)CN(Cc1ccc(Cl)c(Cl)c1)C1CC1. The van der Waals surface area contributed by atoms with Crippen LogP contribution in [0.3, 0.4) is 0 Å². The Morgan fingerprint density at radius 3 is 2.77 bits per heavy atom. The Bertz CT molecular complexity index is 507. The molecule has 1 aliphatic carbocycles. The minimum atomic E-state index is 0.0584. The van der Waals surface area contributed by atoms with Gasteiger partial charge in [-0.2, -0.15) is 0 Å². The molecule has 22 heavy (non-hydrogen) atoms. The number of carbonyl (C=O) groups is 1. The van der Waals surface area contributed by atoms with Gasteiger partial charge in [0.2, 0.25) is 5.91 Å². The van der Waals surface area contributed by atoms with Gasteiger partial charge in [0.1, 0.15) is 0 Å². The average Bonchev–Trinajstić information content (AvgIpc) is 3.31. The summed E-state index contributed by atoms with van der Waals surface area (Å²) in [5.41, 5.74) is 1.08. The van der Waals surface area contributed by atoms with Crippen molar-refractivity contribution in [3.8, 4) is 0 Å². The predicted octanol–water partition coefficient (Wildman–Crippen LogP) is 3.11. The van der Waals surface area contributed by atoms with Gasteiger partial charge in [0.15, 0.2) is 0 Å². The highest BCUT2D eigenvalue weighted by molar-refractivity contribution is 6.42. The lowest BCUT2D eigenvalue weighted by Crippen LogP contribution is -2.38. The summed E-state index contributed by atoms with van der Waals surface area (Å²) in [6, 6.07) is 6.13. The molecule has 1 fully saturated rings. The number of ether oxygens (including phenoxy) is 1. The maximum absolute atomic E-state index is 12.0. The predicted molar refractivity (Wildman–Crippen MR) is 89.4 cm³/mol. The largest absolute Gasteiger partial charge is 0.385 e.